The lowest BCUT2D eigenvalue weighted by molar-refractivity contribution is 0.00957. The van der Waals surface area contributed by atoms with Gasteiger partial charge in [-0.2, -0.15) is 0 Å². The van der Waals surface area contributed by atoms with Gasteiger partial charge >= 0.3 is 0 Å². The molecule has 1 fully saturated rings. The van der Waals surface area contributed by atoms with Crippen molar-refractivity contribution < 1.29 is 9.50 Å². The van der Waals surface area contributed by atoms with Crippen LogP contribution in [-0.2, 0) is 6.42 Å². The van der Waals surface area contributed by atoms with Crippen molar-refractivity contribution in [3.63, 3.8) is 0 Å². The molecular weight excluding hydrogens is 271 g/mol. The minimum Gasteiger partial charge on any atom is -0.389 e. The summed E-state index contributed by atoms with van der Waals surface area (Å²) < 4.78 is 13.5. The number of hydrogen-bond donors (Lipinski definition) is 1. The molecule has 1 aliphatic carbocycles. The third-order valence-corrected chi connectivity index (χ3v) is 4.27. The Bertz CT molecular complexity index is 394. The molecule has 1 aliphatic rings. The predicted molar refractivity (Wildman–Crippen MR) is 65.8 cm³/mol. The number of halogens is 2. The fourth-order valence-electron chi connectivity index (χ4n) is 2.50. The Hall–Kier alpha value is -0.410. The molecule has 2 unspecified atom stereocenters. The first kappa shape index (κ1) is 12.1. The third kappa shape index (κ3) is 2.30. The second-order valence-corrected chi connectivity index (χ2v) is 5.68. The van der Waals surface area contributed by atoms with E-state index in [1.807, 2.05) is 0 Å². The van der Waals surface area contributed by atoms with Gasteiger partial charge in [0.15, 0.2) is 0 Å². The van der Waals surface area contributed by atoms with E-state index in [-0.39, 0.29) is 5.82 Å². The molecule has 3 heteroatoms. The highest BCUT2D eigenvalue weighted by Gasteiger charge is 2.38. The summed E-state index contributed by atoms with van der Waals surface area (Å²) in [5.74, 6) is 0.0755. The van der Waals surface area contributed by atoms with E-state index in [1.54, 1.807) is 12.1 Å². The van der Waals surface area contributed by atoms with Gasteiger partial charge in [0.05, 0.1) is 10.1 Å². The lowest BCUT2D eigenvalue weighted by Crippen LogP contribution is -2.34. The van der Waals surface area contributed by atoms with Crippen molar-refractivity contribution >= 4 is 15.9 Å². The van der Waals surface area contributed by atoms with Gasteiger partial charge in [-0.3, -0.25) is 0 Å². The average Bonchev–Trinajstić information content (AvgIpc) is 2.53. The molecule has 0 saturated heterocycles. The van der Waals surface area contributed by atoms with Gasteiger partial charge < -0.3 is 5.11 Å². The first-order valence-corrected chi connectivity index (χ1v) is 6.47. The van der Waals surface area contributed by atoms with Gasteiger partial charge in [-0.15, -0.1) is 0 Å². The summed E-state index contributed by atoms with van der Waals surface area (Å²) in [6.07, 6.45) is 3.63. The Morgan fingerprint density at radius 3 is 2.88 bits per heavy atom. The number of hydrogen-bond acceptors (Lipinski definition) is 1. The van der Waals surface area contributed by atoms with Gasteiger partial charge in [0.25, 0.3) is 0 Å². The SMILES string of the molecule is CC1CCCC1(O)Cc1ccc(F)c(Br)c1. The van der Waals surface area contributed by atoms with E-state index in [2.05, 4.69) is 22.9 Å². The van der Waals surface area contributed by atoms with Crippen molar-refractivity contribution in [1.29, 1.82) is 0 Å². The fraction of sp³-hybridized carbons (Fsp3) is 0.538. The molecule has 0 bridgehead atoms. The summed E-state index contributed by atoms with van der Waals surface area (Å²) in [5, 5.41) is 10.5. The molecule has 16 heavy (non-hydrogen) atoms. The molecule has 2 atom stereocenters. The topological polar surface area (TPSA) is 20.2 Å². The lowest BCUT2D eigenvalue weighted by atomic mass is 9.86. The van der Waals surface area contributed by atoms with Crippen LogP contribution in [-0.4, -0.2) is 10.7 Å². The van der Waals surface area contributed by atoms with E-state index in [4.69, 9.17) is 0 Å². The van der Waals surface area contributed by atoms with Gasteiger partial charge in [-0.25, -0.2) is 4.39 Å². The Balaban J connectivity index is 2.17. The Morgan fingerprint density at radius 2 is 2.31 bits per heavy atom. The van der Waals surface area contributed by atoms with E-state index in [9.17, 15) is 9.50 Å². The average molecular weight is 287 g/mol. The van der Waals surface area contributed by atoms with Crippen molar-refractivity contribution in [3.05, 3.63) is 34.1 Å². The summed E-state index contributed by atoms with van der Waals surface area (Å²) >= 11 is 3.17. The summed E-state index contributed by atoms with van der Waals surface area (Å²) in [7, 11) is 0. The minimum absolute atomic E-state index is 0.254. The molecule has 0 spiro atoms. The molecule has 0 aromatic heterocycles. The molecule has 1 aromatic carbocycles. The first-order chi connectivity index (χ1) is 7.51. The minimum atomic E-state index is -0.600. The monoisotopic (exact) mass is 286 g/mol. The second-order valence-electron chi connectivity index (χ2n) is 4.82. The number of rotatable bonds is 2. The zero-order chi connectivity index (χ0) is 11.8. The van der Waals surface area contributed by atoms with Crippen molar-refractivity contribution in [3.8, 4) is 0 Å². The highest BCUT2D eigenvalue weighted by atomic mass is 79.9. The van der Waals surface area contributed by atoms with Crippen LogP contribution in [0.5, 0.6) is 0 Å². The van der Waals surface area contributed by atoms with Crippen LogP contribution in [0.25, 0.3) is 0 Å². The summed E-state index contributed by atoms with van der Waals surface area (Å²) in [6, 6.07) is 4.96. The van der Waals surface area contributed by atoms with Crippen molar-refractivity contribution in [2.24, 2.45) is 5.92 Å². The van der Waals surface area contributed by atoms with Crippen molar-refractivity contribution in [2.75, 3.05) is 0 Å². The van der Waals surface area contributed by atoms with E-state index in [1.165, 1.54) is 6.07 Å². The van der Waals surface area contributed by atoms with Crippen LogP contribution in [0.2, 0.25) is 0 Å². The smallest absolute Gasteiger partial charge is 0.137 e. The molecule has 2 rings (SSSR count). The quantitative estimate of drug-likeness (QED) is 0.879. The number of aliphatic hydroxyl groups is 1. The van der Waals surface area contributed by atoms with Crippen molar-refractivity contribution in [2.45, 2.75) is 38.2 Å². The molecule has 88 valence electrons. The fourth-order valence-corrected chi connectivity index (χ4v) is 2.92. The molecule has 1 N–H and O–H groups in total. The van der Waals surface area contributed by atoms with Crippen LogP contribution in [0.1, 0.15) is 31.7 Å². The molecule has 1 saturated carbocycles. The van der Waals surface area contributed by atoms with E-state index < -0.39 is 5.60 Å². The summed E-state index contributed by atoms with van der Waals surface area (Å²) in [6.45, 7) is 2.09. The second kappa shape index (κ2) is 4.46. The van der Waals surface area contributed by atoms with Crippen LogP contribution >= 0.6 is 15.9 Å². The zero-order valence-electron chi connectivity index (χ0n) is 9.34. The van der Waals surface area contributed by atoms with Crippen LogP contribution < -0.4 is 0 Å². The normalized spacial score (nSPS) is 29.6. The zero-order valence-corrected chi connectivity index (χ0v) is 10.9. The maximum Gasteiger partial charge on any atom is 0.137 e. The molecule has 0 radical (unpaired) electrons. The van der Waals surface area contributed by atoms with Crippen LogP contribution in [0.4, 0.5) is 4.39 Å². The number of benzene rings is 1. The summed E-state index contributed by atoms with van der Waals surface area (Å²) in [5.41, 5.74) is 0.390. The van der Waals surface area contributed by atoms with Gasteiger partial charge in [-0.05, 0) is 52.4 Å². The highest BCUT2D eigenvalue weighted by molar-refractivity contribution is 9.10. The van der Waals surface area contributed by atoms with Crippen LogP contribution in [0.15, 0.2) is 22.7 Å². The lowest BCUT2D eigenvalue weighted by Gasteiger charge is -2.27. The molecular formula is C13H16BrFO. The molecule has 0 amide bonds. The van der Waals surface area contributed by atoms with Crippen LogP contribution in [0.3, 0.4) is 0 Å². The van der Waals surface area contributed by atoms with Gasteiger partial charge in [0, 0.05) is 6.42 Å². The third-order valence-electron chi connectivity index (χ3n) is 3.66. The Kier molecular flexibility index (Phi) is 3.36. The predicted octanol–water partition coefficient (Wildman–Crippen LogP) is 3.68. The molecule has 0 heterocycles. The Morgan fingerprint density at radius 1 is 1.56 bits per heavy atom. The van der Waals surface area contributed by atoms with Gasteiger partial charge in [0.1, 0.15) is 5.82 Å². The van der Waals surface area contributed by atoms with Gasteiger partial charge in [0.2, 0.25) is 0 Å². The maximum atomic E-state index is 13.1. The van der Waals surface area contributed by atoms with E-state index >= 15 is 0 Å². The largest absolute Gasteiger partial charge is 0.389 e. The van der Waals surface area contributed by atoms with E-state index in [0.29, 0.717) is 16.8 Å². The Labute approximate surface area is 104 Å². The standard InChI is InChI=1S/C13H16BrFO/c1-9-3-2-6-13(9,16)8-10-4-5-12(15)11(14)7-10/h4-5,7,9,16H,2-3,6,8H2,1H3. The highest BCUT2D eigenvalue weighted by Crippen LogP contribution is 2.38. The van der Waals surface area contributed by atoms with Crippen molar-refractivity contribution in [1.82, 2.24) is 0 Å². The summed E-state index contributed by atoms with van der Waals surface area (Å²) in [4.78, 5) is 0. The first-order valence-electron chi connectivity index (χ1n) is 5.67. The van der Waals surface area contributed by atoms with Crippen LogP contribution in [0, 0.1) is 11.7 Å². The maximum absolute atomic E-state index is 13.1. The molecule has 1 nitrogen and oxygen atoms in total. The molecule has 0 aliphatic heterocycles. The van der Waals surface area contributed by atoms with Gasteiger partial charge in [-0.1, -0.05) is 19.4 Å². The van der Waals surface area contributed by atoms with E-state index in [0.717, 1.165) is 24.8 Å². The molecule has 1 aromatic rings.